The molecule has 0 amide bonds. The maximum absolute atomic E-state index is 8.63. The summed E-state index contributed by atoms with van der Waals surface area (Å²) in [4.78, 5) is 0. The van der Waals surface area contributed by atoms with Crippen molar-refractivity contribution in [1.29, 1.82) is 5.26 Å². The van der Waals surface area contributed by atoms with E-state index in [-0.39, 0.29) is 0 Å². The van der Waals surface area contributed by atoms with E-state index in [0.29, 0.717) is 12.3 Å². The summed E-state index contributed by atoms with van der Waals surface area (Å²) in [6, 6.07) is 12.5. The summed E-state index contributed by atoms with van der Waals surface area (Å²) in [7, 11) is 0. The number of aromatic amines is 1. The Bertz CT molecular complexity index is 546. The zero-order valence-corrected chi connectivity index (χ0v) is 10.8. The lowest BCUT2D eigenvalue weighted by molar-refractivity contribution is 0.734. The maximum Gasteiger partial charge on any atom is 0.0923 e. The molecule has 92 valence electrons. The van der Waals surface area contributed by atoms with Gasteiger partial charge in [-0.3, -0.25) is 5.10 Å². The van der Waals surface area contributed by atoms with E-state index in [1.807, 2.05) is 6.07 Å². The van der Waals surface area contributed by atoms with Crippen LogP contribution in [0.3, 0.4) is 0 Å². The number of hydrogen-bond acceptors (Lipinski definition) is 2. The highest BCUT2D eigenvalue weighted by molar-refractivity contribution is 5.59. The lowest BCUT2D eigenvalue weighted by Crippen LogP contribution is -1.90. The molecule has 1 N–H and O–H groups in total. The first kappa shape index (κ1) is 12.4. The van der Waals surface area contributed by atoms with E-state index in [9.17, 15) is 0 Å². The molecule has 2 rings (SSSR count). The molecule has 0 radical (unpaired) electrons. The largest absolute Gasteiger partial charge is 0.281 e. The van der Waals surface area contributed by atoms with Gasteiger partial charge in [0, 0.05) is 11.3 Å². The Hall–Kier alpha value is -2.08. The second kappa shape index (κ2) is 5.50. The lowest BCUT2D eigenvalue weighted by Gasteiger charge is -2.08. The van der Waals surface area contributed by atoms with Crippen molar-refractivity contribution in [3.05, 3.63) is 41.6 Å². The zero-order valence-electron chi connectivity index (χ0n) is 10.8. The molecule has 0 aliphatic carbocycles. The van der Waals surface area contributed by atoms with E-state index in [1.165, 1.54) is 5.56 Å². The van der Waals surface area contributed by atoms with Crippen LogP contribution < -0.4 is 0 Å². The predicted molar refractivity (Wildman–Crippen MR) is 72.0 cm³/mol. The molecule has 1 aromatic carbocycles. The third-order valence-electron chi connectivity index (χ3n) is 3.29. The Labute approximate surface area is 107 Å². The van der Waals surface area contributed by atoms with Crippen LogP contribution in [0.15, 0.2) is 30.3 Å². The summed E-state index contributed by atoms with van der Waals surface area (Å²) in [5, 5.41) is 15.7. The number of nitrogens with one attached hydrogen (secondary N) is 1. The average Bonchev–Trinajstić information content (AvgIpc) is 2.87. The van der Waals surface area contributed by atoms with Gasteiger partial charge in [0.25, 0.3) is 0 Å². The molecule has 0 saturated heterocycles. The zero-order chi connectivity index (χ0) is 13.0. The molecular weight excluding hydrogens is 222 g/mol. The monoisotopic (exact) mass is 239 g/mol. The molecule has 18 heavy (non-hydrogen) atoms. The Balaban J connectivity index is 2.20. The van der Waals surface area contributed by atoms with Gasteiger partial charge in [0.1, 0.15) is 0 Å². The van der Waals surface area contributed by atoms with Gasteiger partial charge in [-0.15, -0.1) is 0 Å². The van der Waals surface area contributed by atoms with E-state index in [2.05, 4.69) is 54.4 Å². The van der Waals surface area contributed by atoms with Gasteiger partial charge in [0.2, 0.25) is 0 Å². The first-order chi connectivity index (χ1) is 8.74. The highest BCUT2D eigenvalue weighted by Crippen LogP contribution is 2.23. The molecule has 1 heterocycles. The Morgan fingerprint density at radius 3 is 2.67 bits per heavy atom. The second-order valence-corrected chi connectivity index (χ2v) is 4.54. The van der Waals surface area contributed by atoms with Crippen LogP contribution >= 0.6 is 0 Å². The Morgan fingerprint density at radius 2 is 2.06 bits per heavy atom. The van der Waals surface area contributed by atoms with Crippen molar-refractivity contribution in [1.82, 2.24) is 10.2 Å². The summed E-state index contributed by atoms with van der Waals surface area (Å²) >= 11 is 0. The molecule has 0 bridgehead atoms. The van der Waals surface area contributed by atoms with Crippen LogP contribution in [0.5, 0.6) is 0 Å². The SMILES string of the molecule is CC[C@H](C)c1ccc(-c2cc(CC#N)[nH]n2)cc1. The summed E-state index contributed by atoms with van der Waals surface area (Å²) in [6.07, 6.45) is 1.52. The number of benzene rings is 1. The third-order valence-corrected chi connectivity index (χ3v) is 3.29. The van der Waals surface area contributed by atoms with Gasteiger partial charge in [0.15, 0.2) is 0 Å². The van der Waals surface area contributed by atoms with Crippen molar-refractivity contribution >= 4 is 0 Å². The molecule has 0 fully saturated rings. The van der Waals surface area contributed by atoms with Crippen LogP contribution in [0.2, 0.25) is 0 Å². The first-order valence-corrected chi connectivity index (χ1v) is 6.26. The Morgan fingerprint density at radius 1 is 1.33 bits per heavy atom. The molecule has 3 heteroatoms. The molecule has 0 spiro atoms. The number of aromatic nitrogens is 2. The Kier molecular flexibility index (Phi) is 3.78. The fourth-order valence-corrected chi connectivity index (χ4v) is 1.90. The normalized spacial score (nSPS) is 12.1. The summed E-state index contributed by atoms with van der Waals surface area (Å²) in [6.45, 7) is 4.43. The molecule has 1 atom stereocenters. The standard InChI is InChI=1S/C15H17N3/c1-3-11(2)12-4-6-13(7-5-12)15-10-14(8-9-16)17-18-15/h4-7,10-11H,3,8H2,1-2H3,(H,17,18)/t11-/m0/s1. The van der Waals surface area contributed by atoms with Crippen molar-refractivity contribution in [2.45, 2.75) is 32.6 Å². The molecule has 0 aliphatic rings. The second-order valence-electron chi connectivity index (χ2n) is 4.54. The van der Waals surface area contributed by atoms with E-state index in [4.69, 9.17) is 5.26 Å². The summed E-state index contributed by atoms with van der Waals surface area (Å²) < 4.78 is 0. The highest BCUT2D eigenvalue weighted by Gasteiger charge is 2.06. The van der Waals surface area contributed by atoms with E-state index < -0.39 is 0 Å². The minimum absolute atomic E-state index is 0.373. The number of rotatable bonds is 4. The van der Waals surface area contributed by atoms with Gasteiger partial charge in [-0.2, -0.15) is 10.4 Å². The lowest BCUT2D eigenvalue weighted by atomic mass is 9.97. The minimum Gasteiger partial charge on any atom is -0.281 e. The quantitative estimate of drug-likeness (QED) is 0.885. The van der Waals surface area contributed by atoms with Gasteiger partial charge in [-0.05, 0) is 24.0 Å². The highest BCUT2D eigenvalue weighted by atomic mass is 15.1. The van der Waals surface area contributed by atoms with Gasteiger partial charge in [0.05, 0.1) is 18.2 Å². The number of nitrogens with zero attached hydrogens (tertiary/aromatic N) is 2. The van der Waals surface area contributed by atoms with Crippen molar-refractivity contribution < 1.29 is 0 Å². The topological polar surface area (TPSA) is 52.5 Å². The van der Waals surface area contributed by atoms with Gasteiger partial charge in [-0.1, -0.05) is 38.1 Å². The predicted octanol–water partition coefficient (Wildman–Crippen LogP) is 3.66. The molecule has 2 aromatic rings. The smallest absolute Gasteiger partial charge is 0.0923 e. The van der Waals surface area contributed by atoms with Crippen LogP contribution in [-0.2, 0) is 6.42 Å². The first-order valence-electron chi connectivity index (χ1n) is 6.26. The van der Waals surface area contributed by atoms with Crippen molar-refractivity contribution in [3.63, 3.8) is 0 Å². The van der Waals surface area contributed by atoms with Crippen LogP contribution in [0.4, 0.5) is 0 Å². The average molecular weight is 239 g/mol. The van der Waals surface area contributed by atoms with Gasteiger partial charge < -0.3 is 0 Å². The molecule has 0 aliphatic heterocycles. The van der Waals surface area contributed by atoms with E-state index >= 15 is 0 Å². The van der Waals surface area contributed by atoms with Gasteiger partial charge >= 0.3 is 0 Å². The molecule has 3 nitrogen and oxygen atoms in total. The van der Waals surface area contributed by atoms with Crippen LogP contribution in [-0.4, -0.2) is 10.2 Å². The van der Waals surface area contributed by atoms with Crippen molar-refractivity contribution in [2.75, 3.05) is 0 Å². The fourth-order valence-electron chi connectivity index (χ4n) is 1.90. The van der Waals surface area contributed by atoms with Crippen molar-refractivity contribution in [3.8, 4) is 17.3 Å². The van der Waals surface area contributed by atoms with Gasteiger partial charge in [-0.25, -0.2) is 0 Å². The number of hydrogen-bond donors (Lipinski definition) is 1. The summed E-state index contributed by atoms with van der Waals surface area (Å²) in [5.74, 6) is 0.590. The molecule has 1 aromatic heterocycles. The van der Waals surface area contributed by atoms with Crippen LogP contribution in [0.25, 0.3) is 11.3 Å². The van der Waals surface area contributed by atoms with Crippen molar-refractivity contribution in [2.24, 2.45) is 0 Å². The number of H-pyrrole nitrogens is 1. The summed E-state index contributed by atoms with van der Waals surface area (Å²) in [5.41, 5.74) is 4.20. The molecular formula is C15H17N3. The maximum atomic E-state index is 8.63. The van der Waals surface area contributed by atoms with E-state index in [0.717, 1.165) is 23.4 Å². The molecule has 0 unspecified atom stereocenters. The number of nitriles is 1. The van der Waals surface area contributed by atoms with Crippen LogP contribution in [0, 0.1) is 11.3 Å². The molecule has 0 saturated carbocycles. The minimum atomic E-state index is 0.373. The fraction of sp³-hybridized carbons (Fsp3) is 0.333. The van der Waals surface area contributed by atoms with E-state index in [1.54, 1.807) is 0 Å². The third kappa shape index (κ3) is 2.60. The van der Waals surface area contributed by atoms with Crippen LogP contribution in [0.1, 0.15) is 37.4 Å².